The summed E-state index contributed by atoms with van der Waals surface area (Å²) in [6.45, 7) is 5.25. The second-order valence-corrected chi connectivity index (χ2v) is 24.7. The van der Waals surface area contributed by atoms with E-state index in [0.29, 0.717) is 35.9 Å². The van der Waals surface area contributed by atoms with Crippen LogP contribution >= 0.6 is 0 Å². The van der Waals surface area contributed by atoms with Gasteiger partial charge in [0.2, 0.25) is 5.82 Å². The fourth-order valence-corrected chi connectivity index (χ4v) is 13.1. The van der Waals surface area contributed by atoms with Gasteiger partial charge in [0.05, 0.1) is 28.9 Å². The van der Waals surface area contributed by atoms with E-state index in [4.69, 9.17) is 4.74 Å². The van der Waals surface area contributed by atoms with E-state index in [9.17, 15) is 27.5 Å². The molecule has 1 amide bonds. The lowest BCUT2D eigenvalue weighted by Crippen LogP contribution is -2.59. The van der Waals surface area contributed by atoms with E-state index in [1.807, 2.05) is 12.1 Å². The van der Waals surface area contributed by atoms with Crippen LogP contribution in [-0.2, 0) is 19.8 Å². The highest BCUT2D eigenvalue weighted by atomic mass is 32.2. The standard InChI is InChI=1S/C50H62N10O7S2/c1-57-22-23-59(45(32-57)42-7-5-4-6-41(42)34-10-11-34)38-27-50(28-38)17-20-58(21-18-50)37-14-15-43(46(25-37)67-39-24-35-16-19-51-47(35)53-30-39)49(61)56-69(65,66)40-26-44(60(62)63)48(54-31-40)52-29-33-8-12-36(13-9-33)55-68(2,3)64/h4-7,14-16,19,24-26,30-31,33-34,36,38,45H,8-13,17-18,20-23,27-29,32H2,1-3H3,(H,51,53)(H,52,54)(H,56,61)/t33?,36?,45-/m0/s1. The van der Waals surface area contributed by atoms with E-state index >= 15 is 0 Å². The van der Waals surface area contributed by atoms with Crippen molar-refractivity contribution in [2.45, 2.75) is 93.1 Å². The van der Waals surface area contributed by atoms with Crippen molar-refractivity contribution in [2.24, 2.45) is 15.7 Å². The van der Waals surface area contributed by atoms with E-state index < -0.39 is 41.2 Å². The summed E-state index contributed by atoms with van der Waals surface area (Å²) in [4.78, 5) is 44.3. The first-order valence-electron chi connectivity index (χ1n) is 24.2. The number of fused-ring (bicyclic) bond motifs is 1. The molecular weight excluding hydrogens is 917 g/mol. The fraction of sp³-hybridized carbons (Fsp3) is 0.500. The molecule has 2 aromatic carbocycles. The number of nitro groups is 1. The zero-order valence-corrected chi connectivity index (χ0v) is 41.1. The Morgan fingerprint density at radius 1 is 0.928 bits per heavy atom. The highest BCUT2D eigenvalue weighted by Gasteiger charge is 2.50. The van der Waals surface area contributed by atoms with E-state index in [1.54, 1.807) is 42.5 Å². The first-order valence-corrected chi connectivity index (χ1v) is 28.0. The van der Waals surface area contributed by atoms with Crippen LogP contribution in [0.25, 0.3) is 11.0 Å². The number of hydrogen-bond donors (Lipinski definition) is 3. The zero-order valence-electron chi connectivity index (χ0n) is 39.5. The molecule has 3 N–H and O–H groups in total. The number of benzene rings is 2. The summed E-state index contributed by atoms with van der Waals surface area (Å²) in [5.41, 5.74) is 4.27. The largest absolute Gasteiger partial charge is 0.455 e. The third-order valence-electron chi connectivity index (χ3n) is 15.2. The van der Waals surface area contributed by atoms with Crippen LogP contribution < -0.4 is 19.7 Å². The quantitative estimate of drug-likeness (QED) is 0.0711. The molecule has 3 aliphatic carbocycles. The molecule has 3 aromatic heterocycles. The number of ether oxygens (including phenoxy) is 1. The summed E-state index contributed by atoms with van der Waals surface area (Å²) >= 11 is 0. The average Bonchev–Trinajstić information content (AvgIpc) is 4.06. The number of carbonyl (C=O) groups is 1. The third kappa shape index (κ3) is 10.5. The molecule has 17 nitrogen and oxygen atoms in total. The number of pyridine rings is 2. The maximum atomic E-state index is 14.0. The molecule has 3 saturated carbocycles. The predicted molar refractivity (Wildman–Crippen MR) is 267 cm³/mol. The van der Waals surface area contributed by atoms with Crippen molar-refractivity contribution < 1.29 is 27.1 Å². The Morgan fingerprint density at radius 3 is 2.41 bits per heavy atom. The highest BCUT2D eigenvalue weighted by Crippen LogP contribution is 2.54. The number of rotatable bonds is 14. The lowest BCUT2D eigenvalue weighted by molar-refractivity contribution is -0.384. The minimum absolute atomic E-state index is 0.0212. The van der Waals surface area contributed by atoms with Gasteiger partial charge < -0.3 is 24.8 Å². The zero-order chi connectivity index (χ0) is 48.1. The molecule has 5 heterocycles. The van der Waals surface area contributed by atoms with Crippen molar-refractivity contribution in [3.05, 3.63) is 106 Å². The number of piperidine rings is 1. The molecular formula is C50H62N10O7S2. The number of carbonyl (C=O) groups excluding carboxylic acids is 1. The number of hydrogen-bond acceptors (Lipinski definition) is 14. The molecule has 2 aliphatic heterocycles. The molecule has 1 atom stereocenters. The fourth-order valence-electron chi connectivity index (χ4n) is 11.3. The number of nitrogens with one attached hydrogen (secondary N) is 3. The molecule has 2 saturated heterocycles. The lowest BCUT2D eigenvalue weighted by atomic mass is 9.59. The van der Waals surface area contributed by atoms with Crippen molar-refractivity contribution in [3.8, 4) is 11.5 Å². The number of piperazine rings is 1. The van der Waals surface area contributed by atoms with Gasteiger partial charge in [0, 0.05) is 103 Å². The van der Waals surface area contributed by atoms with Crippen LogP contribution in [0.4, 0.5) is 17.2 Å². The topological polar surface area (TPSA) is 208 Å². The second-order valence-electron chi connectivity index (χ2n) is 20.4. The minimum Gasteiger partial charge on any atom is -0.455 e. The molecule has 0 unspecified atom stereocenters. The highest BCUT2D eigenvalue weighted by molar-refractivity contribution is 7.92. The predicted octanol–water partition coefficient (Wildman–Crippen LogP) is 8.09. The van der Waals surface area contributed by atoms with Gasteiger partial charge in [-0.25, -0.2) is 27.5 Å². The van der Waals surface area contributed by atoms with E-state index in [2.05, 4.69) is 75.4 Å². The van der Waals surface area contributed by atoms with Crippen LogP contribution in [0.15, 0.2) is 88.5 Å². The molecule has 5 aliphatic rings. The first kappa shape index (κ1) is 47.1. The van der Waals surface area contributed by atoms with Gasteiger partial charge in [-0.1, -0.05) is 24.3 Å². The van der Waals surface area contributed by atoms with Gasteiger partial charge in [0.15, 0.2) is 0 Å². The summed E-state index contributed by atoms with van der Waals surface area (Å²) in [7, 11) is -4.60. The van der Waals surface area contributed by atoms with Crippen molar-refractivity contribution >= 4 is 53.9 Å². The van der Waals surface area contributed by atoms with Gasteiger partial charge >= 0.3 is 5.69 Å². The smallest absolute Gasteiger partial charge is 0.312 e. The van der Waals surface area contributed by atoms with Crippen LogP contribution in [0.2, 0.25) is 0 Å². The number of H-pyrrole nitrogens is 1. The van der Waals surface area contributed by atoms with E-state index in [-0.39, 0.29) is 34.5 Å². The molecule has 5 fully saturated rings. The maximum Gasteiger partial charge on any atom is 0.312 e. The monoisotopic (exact) mass is 978 g/mol. The SMILES string of the molecule is CN1CCN(C2CC3(CCN(c4ccc(C(=O)NS(=O)(=O)c5cnc(NCC6CCC(N=S(C)(C)=O)CC6)c([N+](=O)[O-])c5)c(Oc5cnc6[nH]ccc6c5)c4)CC3)C2)[C@H](c2ccccc2C2CC2)C1. The maximum absolute atomic E-state index is 14.0. The molecule has 1 spiro atoms. The van der Waals surface area contributed by atoms with Gasteiger partial charge in [0.25, 0.3) is 15.9 Å². The average molecular weight is 979 g/mol. The summed E-state index contributed by atoms with van der Waals surface area (Å²) in [6.07, 6.45) is 17.7. The van der Waals surface area contributed by atoms with Crippen molar-refractivity contribution in [1.82, 2.24) is 29.5 Å². The van der Waals surface area contributed by atoms with Crippen molar-refractivity contribution in [2.75, 3.05) is 69.0 Å². The summed E-state index contributed by atoms with van der Waals surface area (Å²) < 4.78 is 52.6. The Morgan fingerprint density at radius 2 is 1.68 bits per heavy atom. The molecule has 366 valence electrons. The minimum atomic E-state index is -4.64. The van der Waals surface area contributed by atoms with Crippen LogP contribution in [-0.4, -0.2) is 119 Å². The Labute approximate surface area is 404 Å². The Balaban J connectivity index is 0.823. The second kappa shape index (κ2) is 18.9. The Bertz CT molecular complexity index is 2970. The number of sulfonamides is 1. The number of aromatic amines is 1. The first-order chi connectivity index (χ1) is 33.1. The van der Waals surface area contributed by atoms with E-state index in [1.165, 1.54) is 37.4 Å². The Hall–Kier alpha value is -5.63. The molecule has 0 bridgehead atoms. The summed E-state index contributed by atoms with van der Waals surface area (Å²) in [6, 6.07) is 19.8. The molecule has 10 rings (SSSR count). The summed E-state index contributed by atoms with van der Waals surface area (Å²) in [5, 5.41) is 16.1. The van der Waals surface area contributed by atoms with Crippen LogP contribution in [0.5, 0.6) is 11.5 Å². The van der Waals surface area contributed by atoms with Crippen LogP contribution in [0.1, 0.15) is 97.7 Å². The Kier molecular flexibility index (Phi) is 12.9. The number of likely N-dealkylation sites (N-methyl/N-ethyl adjacent to an activating group) is 1. The number of aromatic nitrogens is 3. The third-order valence-corrected chi connectivity index (χ3v) is 17.3. The van der Waals surface area contributed by atoms with Crippen LogP contribution in [0, 0.1) is 21.4 Å². The number of amides is 1. The summed E-state index contributed by atoms with van der Waals surface area (Å²) in [5.74, 6) is 0.335. The van der Waals surface area contributed by atoms with Gasteiger partial charge in [-0.05, 0) is 124 Å². The van der Waals surface area contributed by atoms with Gasteiger partial charge in [-0.15, -0.1) is 0 Å². The lowest BCUT2D eigenvalue weighted by Gasteiger charge is -2.58. The van der Waals surface area contributed by atoms with Gasteiger partial charge in [-0.3, -0.25) is 24.0 Å². The van der Waals surface area contributed by atoms with E-state index in [0.717, 1.165) is 94.6 Å². The van der Waals surface area contributed by atoms with Gasteiger partial charge in [0.1, 0.15) is 22.0 Å². The van der Waals surface area contributed by atoms with Crippen LogP contribution in [0.3, 0.4) is 0 Å². The molecule has 5 aromatic rings. The number of anilines is 2. The number of nitrogens with zero attached hydrogens (tertiary/aromatic N) is 7. The molecule has 0 radical (unpaired) electrons. The van der Waals surface area contributed by atoms with Crippen molar-refractivity contribution in [3.63, 3.8) is 0 Å². The molecule has 69 heavy (non-hydrogen) atoms. The van der Waals surface area contributed by atoms with Gasteiger partial charge in [-0.2, -0.15) is 0 Å². The normalized spacial score (nSPS) is 22.5. The van der Waals surface area contributed by atoms with Crippen molar-refractivity contribution in [1.29, 1.82) is 0 Å². The molecule has 19 heteroatoms.